The van der Waals surface area contributed by atoms with Crippen LogP contribution in [0.5, 0.6) is 0 Å². The summed E-state index contributed by atoms with van der Waals surface area (Å²) in [5.41, 5.74) is 4.83. The maximum atomic E-state index is 14.1. The second-order valence-corrected chi connectivity index (χ2v) is 12.0. The summed E-state index contributed by atoms with van der Waals surface area (Å²) >= 11 is 0. The number of nitrogens with zero attached hydrogens (tertiary/aromatic N) is 1. The third kappa shape index (κ3) is 8.21. The van der Waals surface area contributed by atoms with Crippen molar-refractivity contribution in [2.45, 2.75) is 70.7 Å². The van der Waals surface area contributed by atoms with Crippen LogP contribution in [0.15, 0.2) is 72.8 Å². The summed E-state index contributed by atoms with van der Waals surface area (Å²) in [6.07, 6.45) is 0.137. The van der Waals surface area contributed by atoms with E-state index in [0.717, 1.165) is 27.9 Å². The highest BCUT2D eigenvalue weighted by Crippen LogP contribution is 2.36. The van der Waals surface area contributed by atoms with E-state index in [4.69, 9.17) is 0 Å². The molecule has 0 aliphatic carbocycles. The number of anilines is 2. The van der Waals surface area contributed by atoms with Crippen LogP contribution in [0.2, 0.25) is 0 Å². The molecule has 3 atom stereocenters. The van der Waals surface area contributed by atoms with E-state index in [1.54, 1.807) is 18.9 Å². The van der Waals surface area contributed by atoms with Crippen LogP contribution in [0, 0.1) is 0 Å². The fraction of sp³-hybridized carbons (Fsp3) is 0.382. The normalized spacial score (nSPS) is 17.4. The first-order chi connectivity index (χ1) is 20.5. The molecule has 9 nitrogen and oxygen atoms in total. The largest absolute Gasteiger partial charge is 0.392 e. The zero-order valence-corrected chi connectivity index (χ0v) is 25.6. The van der Waals surface area contributed by atoms with Crippen molar-refractivity contribution in [3.05, 3.63) is 83.9 Å². The fourth-order valence-electron chi connectivity index (χ4n) is 5.46. The maximum Gasteiger partial charge on any atom is 0.318 e. The van der Waals surface area contributed by atoms with Crippen LogP contribution >= 0.6 is 0 Å². The average Bonchev–Trinajstić information content (AvgIpc) is 3.07. The number of hydrogen-bond donors (Lipinski definition) is 5. The van der Waals surface area contributed by atoms with E-state index < -0.39 is 17.7 Å². The lowest BCUT2D eigenvalue weighted by molar-refractivity contribution is -0.128. The van der Waals surface area contributed by atoms with Gasteiger partial charge in [-0.3, -0.25) is 9.59 Å². The van der Waals surface area contributed by atoms with Crippen LogP contribution in [0.1, 0.15) is 57.6 Å². The molecule has 9 heteroatoms. The topological polar surface area (TPSA) is 123 Å². The molecule has 228 valence electrons. The van der Waals surface area contributed by atoms with Gasteiger partial charge in [-0.05, 0) is 61.9 Å². The van der Waals surface area contributed by atoms with Crippen molar-refractivity contribution in [1.29, 1.82) is 0 Å². The first kappa shape index (κ1) is 31.7. The number of fused-ring (bicyclic) bond motifs is 1. The van der Waals surface area contributed by atoms with E-state index in [0.29, 0.717) is 25.2 Å². The number of urea groups is 1. The van der Waals surface area contributed by atoms with Crippen LogP contribution in [-0.4, -0.2) is 54.2 Å². The van der Waals surface area contributed by atoms with E-state index in [1.165, 1.54) is 0 Å². The molecule has 0 saturated carbocycles. The standard InChI is InChI=1S/C34H43N5O4/c1-22-18-29(37-31(41)19-34(3,4)36-20-23(2)40)32(42)39(30-13-9-7-10-26(22)30)21-24-14-16-25(17-15-24)27-11-6-8-12-28(27)38-33(43)35-5/h6-17,22-23,29,36,40H,18-21H2,1-5H3,(H,37,41)(H2,35,38,43). The second kappa shape index (κ2) is 13.8. The number of carbonyl (C=O) groups is 3. The minimum Gasteiger partial charge on any atom is -0.392 e. The minimum absolute atomic E-state index is 0.0588. The van der Waals surface area contributed by atoms with Crippen LogP contribution in [0.25, 0.3) is 11.1 Å². The van der Waals surface area contributed by atoms with Gasteiger partial charge in [-0.1, -0.05) is 67.6 Å². The number of nitrogens with one attached hydrogen (secondary N) is 4. The Balaban J connectivity index is 1.56. The Labute approximate surface area is 254 Å². The molecule has 1 aliphatic heterocycles. The first-order valence-corrected chi connectivity index (χ1v) is 14.8. The number of carbonyl (C=O) groups excluding carboxylic acids is 3. The lowest BCUT2D eigenvalue weighted by Crippen LogP contribution is -2.51. The van der Waals surface area contributed by atoms with Crippen molar-refractivity contribution in [2.75, 3.05) is 23.8 Å². The molecular formula is C34H43N5O4. The summed E-state index contributed by atoms with van der Waals surface area (Å²) in [5.74, 6) is -0.305. The Morgan fingerprint density at radius 2 is 1.70 bits per heavy atom. The Bertz CT molecular complexity index is 1440. The monoisotopic (exact) mass is 585 g/mol. The van der Waals surface area contributed by atoms with Crippen molar-refractivity contribution >= 4 is 29.2 Å². The highest BCUT2D eigenvalue weighted by Gasteiger charge is 2.35. The molecule has 4 amide bonds. The Morgan fingerprint density at radius 3 is 2.40 bits per heavy atom. The predicted octanol–water partition coefficient (Wildman–Crippen LogP) is 4.77. The van der Waals surface area contributed by atoms with Gasteiger partial charge in [-0.25, -0.2) is 4.79 Å². The summed E-state index contributed by atoms with van der Waals surface area (Å²) < 4.78 is 0. The van der Waals surface area contributed by atoms with Gasteiger partial charge in [0, 0.05) is 36.8 Å². The van der Waals surface area contributed by atoms with Crippen molar-refractivity contribution < 1.29 is 19.5 Å². The highest BCUT2D eigenvalue weighted by molar-refractivity contribution is 6.01. The molecule has 5 N–H and O–H groups in total. The first-order valence-electron chi connectivity index (χ1n) is 14.8. The van der Waals surface area contributed by atoms with Crippen LogP contribution < -0.4 is 26.2 Å². The average molecular weight is 586 g/mol. The van der Waals surface area contributed by atoms with Crippen molar-refractivity contribution in [3.8, 4) is 11.1 Å². The molecule has 0 saturated heterocycles. The zero-order valence-electron chi connectivity index (χ0n) is 25.6. The van der Waals surface area contributed by atoms with Crippen LogP contribution in [0.4, 0.5) is 16.2 Å². The van der Waals surface area contributed by atoms with E-state index in [-0.39, 0.29) is 30.2 Å². The summed E-state index contributed by atoms with van der Waals surface area (Å²) in [7, 11) is 1.57. The lowest BCUT2D eigenvalue weighted by atomic mass is 9.93. The Hall–Kier alpha value is -4.21. The van der Waals surface area contributed by atoms with Crippen LogP contribution in [0.3, 0.4) is 0 Å². The van der Waals surface area contributed by atoms with Gasteiger partial charge in [0.2, 0.25) is 11.8 Å². The van der Waals surface area contributed by atoms with E-state index in [1.807, 2.05) is 86.6 Å². The lowest BCUT2D eigenvalue weighted by Gasteiger charge is -2.29. The summed E-state index contributed by atoms with van der Waals surface area (Å²) in [4.78, 5) is 40.9. The molecule has 43 heavy (non-hydrogen) atoms. The number of aliphatic hydroxyl groups is 1. The van der Waals surface area contributed by atoms with Gasteiger partial charge in [-0.15, -0.1) is 0 Å². The summed E-state index contributed by atoms with van der Waals surface area (Å²) in [5, 5.41) is 21.3. The predicted molar refractivity (Wildman–Crippen MR) is 171 cm³/mol. The quantitative estimate of drug-likeness (QED) is 0.235. The SMILES string of the molecule is CNC(=O)Nc1ccccc1-c1ccc(CN2C(=O)C(NC(=O)CC(C)(C)NCC(C)O)CC(C)c3ccccc32)cc1. The number of hydrogen-bond acceptors (Lipinski definition) is 5. The maximum absolute atomic E-state index is 14.1. The third-order valence-corrected chi connectivity index (χ3v) is 7.73. The highest BCUT2D eigenvalue weighted by atomic mass is 16.3. The molecule has 0 radical (unpaired) electrons. The number of aliphatic hydroxyl groups excluding tert-OH is 1. The van der Waals surface area contributed by atoms with Gasteiger partial charge >= 0.3 is 6.03 Å². The van der Waals surface area contributed by atoms with Crippen LogP contribution in [-0.2, 0) is 16.1 Å². The number of para-hydroxylation sites is 2. The van der Waals surface area contributed by atoms with Gasteiger partial charge in [0.15, 0.2) is 0 Å². The third-order valence-electron chi connectivity index (χ3n) is 7.73. The van der Waals surface area contributed by atoms with E-state index in [9.17, 15) is 19.5 Å². The van der Waals surface area contributed by atoms with E-state index >= 15 is 0 Å². The molecule has 0 bridgehead atoms. The Morgan fingerprint density at radius 1 is 1.02 bits per heavy atom. The molecule has 3 aromatic rings. The smallest absolute Gasteiger partial charge is 0.318 e. The Kier molecular flexibility index (Phi) is 10.2. The number of β-amino-alcohol motifs (C(OH)–C–C–N with tert-alkyl or cyclic N) is 1. The number of rotatable bonds is 10. The van der Waals surface area contributed by atoms with Gasteiger partial charge in [0.05, 0.1) is 18.3 Å². The molecule has 0 spiro atoms. The summed E-state index contributed by atoms with van der Waals surface area (Å²) in [6.45, 7) is 8.31. The molecule has 0 fully saturated rings. The molecule has 0 aromatic heterocycles. The minimum atomic E-state index is -0.676. The van der Waals surface area contributed by atoms with Crippen molar-refractivity contribution in [3.63, 3.8) is 0 Å². The number of benzene rings is 3. The molecule has 4 rings (SSSR count). The van der Waals surface area contributed by atoms with Crippen molar-refractivity contribution in [1.82, 2.24) is 16.0 Å². The van der Waals surface area contributed by atoms with Gasteiger partial charge in [0.25, 0.3) is 0 Å². The molecule has 3 aromatic carbocycles. The van der Waals surface area contributed by atoms with Crippen molar-refractivity contribution in [2.24, 2.45) is 0 Å². The second-order valence-electron chi connectivity index (χ2n) is 12.0. The van der Waals surface area contributed by atoms with Gasteiger partial charge in [-0.2, -0.15) is 0 Å². The summed E-state index contributed by atoms with van der Waals surface area (Å²) in [6, 6.07) is 22.5. The fourth-order valence-corrected chi connectivity index (χ4v) is 5.46. The van der Waals surface area contributed by atoms with Gasteiger partial charge in [0.1, 0.15) is 6.04 Å². The van der Waals surface area contributed by atoms with E-state index in [2.05, 4.69) is 28.2 Å². The molecule has 1 aliphatic rings. The number of amides is 4. The molecular weight excluding hydrogens is 542 g/mol. The molecule has 3 unspecified atom stereocenters. The zero-order chi connectivity index (χ0) is 31.1. The molecule has 1 heterocycles. The van der Waals surface area contributed by atoms with Gasteiger partial charge < -0.3 is 31.3 Å².